The molecule has 4 fully saturated rings. The fourth-order valence-electron chi connectivity index (χ4n) is 11.5. The largest absolute Gasteiger partial charge is 0.493 e. The number of aliphatic hydroxyl groups is 2. The smallest absolute Gasteiger partial charge is 0.331 e. The van der Waals surface area contributed by atoms with Crippen LogP contribution in [0.25, 0.3) is 0 Å². The molecule has 8 atom stereocenters. The van der Waals surface area contributed by atoms with Gasteiger partial charge in [-0.15, -0.1) is 0 Å². The lowest BCUT2D eigenvalue weighted by atomic mass is 9.24. The average molecular weight is 539 g/mol. The molecular weight excluding hydrogens is 496 g/mol. The van der Waals surface area contributed by atoms with E-state index in [2.05, 4.69) is 13.8 Å². The summed E-state index contributed by atoms with van der Waals surface area (Å²) in [5, 5.41) is 24.8. The minimum Gasteiger partial charge on any atom is -0.493 e. The van der Waals surface area contributed by atoms with Crippen molar-refractivity contribution in [2.75, 3.05) is 6.61 Å². The van der Waals surface area contributed by atoms with Crippen molar-refractivity contribution in [1.29, 1.82) is 0 Å². The lowest BCUT2D eigenvalue weighted by Gasteiger charge is -2.82. The van der Waals surface area contributed by atoms with Gasteiger partial charge in [-0.2, -0.15) is 0 Å². The minimum absolute atomic E-state index is 0.0724. The van der Waals surface area contributed by atoms with Gasteiger partial charge in [-0.1, -0.05) is 38.8 Å². The zero-order chi connectivity index (χ0) is 27.5. The van der Waals surface area contributed by atoms with Gasteiger partial charge in [0.2, 0.25) is 0 Å². The van der Waals surface area contributed by atoms with E-state index in [1.54, 1.807) is 6.08 Å². The molecular formula is C32H42O7. The van der Waals surface area contributed by atoms with E-state index in [0.717, 1.165) is 50.5 Å². The summed E-state index contributed by atoms with van der Waals surface area (Å²) in [5.74, 6) is -0.646. The minimum atomic E-state index is -1.11. The summed E-state index contributed by atoms with van der Waals surface area (Å²) >= 11 is 0. The maximum Gasteiger partial charge on any atom is 0.331 e. The monoisotopic (exact) mass is 538 g/mol. The molecule has 2 N–H and O–H groups in total. The van der Waals surface area contributed by atoms with Gasteiger partial charge in [-0.25, -0.2) is 4.79 Å². The van der Waals surface area contributed by atoms with E-state index in [9.17, 15) is 19.8 Å². The van der Waals surface area contributed by atoms with Crippen LogP contribution in [0.15, 0.2) is 35.6 Å². The number of fused-ring (bicyclic) bond motifs is 1. The first-order valence-corrected chi connectivity index (χ1v) is 15.0. The van der Waals surface area contributed by atoms with Crippen molar-refractivity contribution in [2.45, 2.75) is 115 Å². The second-order valence-electron chi connectivity index (χ2n) is 14.2. The van der Waals surface area contributed by atoms with Crippen LogP contribution in [0.5, 0.6) is 0 Å². The number of cyclic esters (lactones) is 1. The number of rotatable bonds is 4. The lowest BCUT2D eigenvalue weighted by Crippen LogP contribution is -2.87. The van der Waals surface area contributed by atoms with Gasteiger partial charge in [0.1, 0.15) is 18.3 Å². The highest BCUT2D eigenvalue weighted by Crippen LogP contribution is 2.85. The summed E-state index contributed by atoms with van der Waals surface area (Å²) in [6.07, 6.45) is 14.6. The first-order valence-electron chi connectivity index (χ1n) is 15.0. The van der Waals surface area contributed by atoms with E-state index in [4.69, 9.17) is 14.2 Å². The van der Waals surface area contributed by atoms with Crippen LogP contribution in [0.2, 0.25) is 0 Å². The van der Waals surface area contributed by atoms with Crippen molar-refractivity contribution < 1.29 is 34.0 Å². The third-order valence-corrected chi connectivity index (χ3v) is 12.8. The number of ether oxygens (including phenoxy) is 3. The summed E-state index contributed by atoms with van der Waals surface area (Å²) in [5.41, 5.74) is -1.75. The Kier molecular flexibility index (Phi) is 5.30. The number of aliphatic hydroxyl groups excluding tert-OH is 2. The normalized spacial score (nSPS) is 48.5. The molecule has 0 aromatic rings. The first-order chi connectivity index (χ1) is 18.5. The maximum absolute atomic E-state index is 12.8. The van der Waals surface area contributed by atoms with Crippen LogP contribution in [-0.2, 0) is 23.8 Å². The number of carbonyl (C=O) groups is 2. The maximum atomic E-state index is 12.8. The van der Waals surface area contributed by atoms with Crippen LogP contribution in [0.1, 0.15) is 91.4 Å². The zero-order valence-electron chi connectivity index (χ0n) is 23.5. The van der Waals surface area contributed by atoms with Gasteiger partial charge >= 0.3 is 11.9 Å². The van der Waals surface area contributed by atoms with Gasteiger partial charge in [0.05, 0.1) is 29.3 Å². The Labute approximate surface area is 230 Å². The van der Waals surface area contributed by atoms with Crippen molar-refractivity contribution in [3.05, 3.63) is 35.6 Å². The van der Waals surface area contributed by atoms with E-state index in [0.29, 0.717) is 25.7 Å². The molecule has 0 radical (unpaired) electrons. The SMILES string of the molecule is CC(=O)O[C@@H]1C[C@]2(C)C=C[C@H](O)[C@@]34[C@@H](O)CC[C@@]5(C)CCC6(CCCC6)C(=CO[C@@]32CCC2=CC(=O)OC2)[C@]154. The van der Waals surface area contributed by atoms with Gasteiger partial charge in [-0.05, 0) is 79.8 Å². The second-order valence-corrected chi connectivity index (χ2v) is 14.2. The standard InChI is InChI=1S/C32H42O7/c1-20(33)39-25-17-28(3)12-8-24(35)32-23(34)7-11-27(2)14-15-29(9-4-5-10-29)22(31(25,27)32)19-38-30(28,32)13-6-21-16-26(36)37-18-21/h8,12,16,19,23-25,34-35H,4-7,9-11,13-15,17-18H2,1-3H3/t23-,24-,25+,27-,28-,30+,31-,32-/m0/s1. The molecule has 0 saturated heterocycles. The molecule has 0 aromatic carbocycles. The molecule has 4 saturated carbocycles. The zero-order valence-corrected chi connectivity index (χ0v) is 23.5. The molecule has 0 unspecified atom stereocenters. The quantitative estimate of drug-likeness (QED) is 0.396. The molecule has 3 spiro atoms. The topological polar surface area (TPSA) is 102 Å². The highest BCUT2D eigenvalue weighted by Gasteiger charge is 2.89. The van der Waals surface area contributed by atoms with Crippen LogP contribution in [0, 0.1) is 27.1 Å². The fraction of sp³-hybridized carbons (Fsp3) is 0.750. The van der Waals surface area contributed by atoms with Crippen LogP contribution < -0.4 is 0 Å². The van der Waals surface area contributed by atoms with E-state index >= 15 is 0 Å². The Bertz CT molecular complexity index is 1210. The number of hydrogen-bond acceptors (Lipinski definition) is 7. The van der Waals surface area contributed by atoms with Crippen LogP contribution in [-0.4, -0.2) is 52.7 Å². The van der Waals surface area contributed by atoms with Gasteiger partial charge < -0.3 is 24.4 Å². The molecule has 7 nitrogen and oxygen atoms in total. The van der Waals surface area contributed by atoms with Crippen LogP contribution in [0.4, 0.5) is 0 Å². The summed E-state index contributed by atoms with van der Waals surface area (Å²) < 4.78 is 18.8. The van der Waals surface area contributed by atoms with Gasteiger partial charge in [0, 0.05) is 18.4 Å². The summed E-state index contributed by atoms with van der Waals surface area (Å²) in [4.78, 5) is 24.7. The molecule has 7 rings (SSSR count). The molecule has 7 heteroatoms. The van der Waals surface area contributed by atoms with Crippen molar-refractivity contribution in [3.8, 4) is 0 Å². The Balaban J connectivity index is 1.54. The third kappa shape index (κ3) is 2.77. The Hall–Kier alpha value is -2.12. The lowest BCUT2D eigenvalue weighted by molar-refractivity contribution is -0.384. The Morgan fingerprint density at radius 1 is 1.13 bits per heavy atom. The highest BCUT2D eigenvalue weighted by atomic mass is 16.5. The van der Waals surface area contributed by atoms with E-state index in [1.165, 1.54) is 12.5 Å². The number of carbonyl (C=O) groups excluding carboxylic acids is 2. The fourth-order valence-corrected chi connectivity index (χ4v) is 11.5. The molecule has 4 bridgehead atoms. The van der Waals surface area contributed by atoms with Crippen molar-refractivity contribution in [2.24, 2.45) is 27.1 Å². The van der Waals surface area contributed by atoms with Crippen LogP contribution in [0.3, 0.4) is 0 Å². The first kappa shape index (κ1) is 25.8. The van der Waals surface area contributed by atoms with Crippen molar-refractivity contribution >= 4 is 11.9 Å². The molecule has 0 aromatic heterocycles. The van der Waals surface area contributed by atoms with E-state index < -0.39 is 40.2 Å². The Morgan fingerprint density at radius 3 is 2.59 bits per heavy atom. The molecule has 212 valence electrons. The molecule has 7 aliphatic rings. The van der Waals surface area contributed by atoms with E-state index in [1.807, 2.05) is 18.4 Å². The van der Waals surface area contributed by atoms with Gasteiger partial charge in [0.15, 0.2) is 0 Å². The van der Waals surface area contributed by atoms with Crippen molar-refractivity contribution in [1.82, 2.24) is 0 Å². The number of hydrogen-bond donors (Lipinski definition) is 2. The molecule has 2 heterocycles. The third-order valence-electron chi connectivity index (χ3n) is 12.8. The molecule has 39 heavy (non-hydrogen) atoms. The molecule has 2 aliphatic heterocycles. The second kappa shape index (κ2) is 8.00. The molecule has 5 aliphatic carbocycles. The van der Waals surface area contributed by atoms with Crippen LogP contribution >= 0.6 is 0 Å². The summed E-state index contributed by atoms with van der Waals surface area (Å²) in [6, 6.07) is 0. The van der Waals surface area contributed by atoms with E-state index in [-0.39, 0.29) is 29.4 Å². The predicted molar refractivity (Wildman–Crippen MR) is 142 cm³/mol. The number of esters is 2. The van der Waals surface area contributed by atoms with Gasteiger partial charge in [-0.3, -0.25) is 4.79 Å². The highest BCUT2D eigenvalue weighted by molar-refractivity contribution is 5.85. The Morgan fingerprint density at radius 2 is 1.90 bits per heavy atom. The predicted octanol–water partition coefficient (Wildman–Crippen LogP) is 4.66. The average Bonchev–Trinajstić information content (AvgIpc) is 3.53. The van der Waals surface area contributed by atoms with Gasteiger partial charge in [0.25, 0.3) is 0 Å². The van der Waals surface area contributed by atoms with Crippen molar-refractivity contribution in [3.63, 3.8) is 0 Å². The summed E-state index contributed by atoms with van der Waals surface area (Å²) in [7, 11) is 0. The summed E-state index contributed by atoms with van der Waals surface area (Å²) in [6.45, 7) is 6.21. The molecule has 0 amide bonds.